The fourth-order valence-electron chi connectivity index (χ4n) is 4.00. The Morgan fingerprint density at radius 2 is 1.90 bits per heavy atom. The lowest BCUT2D eigenvalue weighted by Crippen LogP contribution is -2.54. The number of piperidine rings is 1. The molecule has 0 unspecified atom stereocenters. The number of nitrogens with zero attached hydrogens (tertiary/aromatic N) is 3. The smallest absolute Gasteiger partial charge is 0.410 e. The Hall–Kier alpha value is -2.75. The minimum absolute atomic E-state index is 0.164. The molecule has 2 atom stereocenters. The molecule has 1 aromatic carbocycles. The Morgan fingerprint density at radius 3 is 2.53 bits per heavy atom. The van der Waals surface area contributed by atoms with Gasteiger partial charge in [-0.15, -0.1) is 0 Å². The Morgan fingerprint density at radius 1 is 1.20 bits per heavy atom. The lowest BCUT2D eigenvalue weighted by atomic mass is 9.93. The van der Waals surface area contributed by atoms with Gasteiger partial charge in [0.1, 0.15) is 11.7 Å². The molecule has 0 saturated carbocycles. The molecule has 2 amide bonds. The van der Waals surface area contributed by atoms with Gasteiger partial charge in [-0.3, -0.25) is 4.79 Å². The standard InChI is InChI=1S/C23H32N4O3/c1-16-9-12-27(22(29)30-23(2,3)4)15-19(16)25-21(28)17-7-8-20(18(13-17)14-24)26-10-5-6-11-26/h7-8,13,16,19H,5-6,9-12,15H2,1-4H3,(H,25,28)/t16-,19+/m0/s1. The van der Waals surface area contributed by atoms with E-state index in [2.05, 4.69) is 23.2 Å². The van der Waals surface area contributed by atoms with Crippen LogP contribution in [0.3, 0.4) is 0 Å². The Kier molecular flexibility index (Phi) is 6.55. The van der Waals surface area contributed by atoms with Crippen molar-refractivity contribution in [2.45, 2.75) is 58.6 Å². The van der Waals surface area contributed by atoms with E-state index in [0.717, 1.165) is 38.0 Å². The molecule has 162 valence electrons. The molecule has 2 aliphatic rings. The summed E-state index contributed by atoms with van der Waals surface area (Å²) in [4.78, 5) is 29.2. The molecule has 1 N–H and O–H groups in total. The fourth-order valence-corrected chi connectivity index (χ4v) is 4.00. The van der Waals surface area contributed by atoms with Crippen molar-refractivity contribution in [2.75, 3.05) is 31.1 Å². The summed E-state index contributed by atoms with van der Waals surface area (Å²) in [6, 6.07) is 7.39. The maximum atomic E-state index is 12.9. The first-order valence-corrected chi connectivity index (χ1v) is 10.8. The largest absolute Gasteiger partial charge is 0.444 e. The highest BCUT2D eigenvalue weighted by Gasteiger charge is 2.32. The average molecular weight is 413 g/mol. The van der Waals surface area contributed by atoms with Crippen molar-refractivity contribution in [3.8, 4) is 6.07 Å². The van der Waals surface area contributed by atoms with E-state index in [-0.39, 0.29) is 24.0 Å². The van der Waals surface area contributed by atoms with Gasteiger partial charge >= 0.3 is 6.09 Å². The highest BCUT2D eigenvalue weighted by Crippen LogP contribution is 2.26. The van der Waals surface area contributed by atoms with E-state index in [1.807, 2.05) is 26.8 Å². The first kappa shape index (κ1) is 21.9. The summed E-state index contributed by atoms with van der Waals surface area (Å²) in [6.07, 6.45) is 2.69. The van der Waals surface area contributed by atoms with Crippen LogP contribution in [-0.4, -0.2) is 54.7 Å². The zero-order valence-electron chi connectivity index (χ0n) is 18.4. The number of ether oxygens (including phenoxy) is 1. The number of nitriles is 1. The van der Waals surface area contributed by atoms with Crippen LogP contribution in [0.5, 0.6) is 0 Å². The van der Waals surface area contributed by atoms with E-state index in [9.17, 15) is 14.9 Å². The molecule has 2 fully saturated rings. The predicted molar refractivity (Wildman–Crippen MR) is 115 cm³/mol. The van der Waals surface area contributed by atoms with Crippen LogP contribution in [0.4, 0.5) is 10.5 Å². The number of likely N-dealkylation sites (tertiary alicyclic amines) is 1. The van der Waals surface area contributed by atoms with E-state index in [1.165, 1.54) is 0 Å². The normalized spacial score (nSPS) is 21.8. The monoisotopic (exact) mass is 412 g/mol. The molecule has 7 heteroatoms. The molecule has 2 saturated heterocycles. The molecule has 2 aliphatic heterocycles. The molecule has 7 nitrogen and oxygen atoms in total. The first-order chi connectivity index (χ1) is 14.2. The van der Waals surface area contributed by atoms with E-state index in [4.69, 9.17) is 4.74 Å². The van der Waals surface area contributed by atoms with Crippen LogP contribution in [0.1, 0.15) is 62.9 Å². The van der Waals surface area contributed by atoms with Crippen molar-refractivity contribution in [1.82, 2.24) is 10.2 Å². The molecular formula is C23H32N4O3. The van der Waals surface area contributed by atoms with Crippen LogP contribution in [-0.2, 0) is 4.74 Å². The van der Waals surface area contributed by atoms with Crippen molar-refractivity contribution in [1.29, 1.82) is 5.26 Å². The summed E-state index contributed by atoms with van der Waals surface area (Å²) in [7, 11) is 0. The van der Waals surface area contributed by atoms with Crippen LogP contribution in [0.25, 0.3) is 0 Å². The third-order valence-corrected chi connectivity index (χ3v) is 5.75. The van der Waals surface area contributed by atoms with E-state index in [1.54, 1.807) is 17.0 Å². The van der Waals surface area contributed by atoms with Gasteiger partial charge in [-0.05, 0) is 64.2 Å². The van der Waals surface area contributed by atoms with Crippen molar-refractivity contribution in [2.24, 2.45) is 5.92 Å². The summed E-state index contributed by atoms with van der Waals surface area (Å²) < 4.78 is 5.48. The second-order valence-electron chi connectivity index (χ2n) is 9.31. The van der Waals surface area contributed by atoms with Crippen LogP contribution in [0.2, 0.25) is 0 Å². The topological polar surface area (TPSA) is 85.7 Å². The summed E-state index contributed by atoms with van der Waals surface area (Å²) in [6.45, 7) is 10.5. The quantitative estimate of drug-likeness (QED) is 0.821. The molecule has 0 bridgehead atoms. The Bertz CT molecular complexity index is 834. The summed E-state index contributed by atoms with van der Waals surface area (Å²) in [5.74, 6) is 0.0225. The maximum Gasteiger partial charge on any atom is 0.410 e. The number of rotatable bonds is 3. The summed E-state index contributed by atoms with van der Waals surface area (Å²) in [5, 5.41) is 12.6. The zero-order valence-corrected chi connectivity index (χ0v) is 18.4. The first-order valence-electron chi connectivity index (χ1n) is 10.8. The number of amides is 2. The number of hydrogen-bond acceptors (Lipinski definition) is 5. The molecule has 2 heterocycles. The maximum absolute atomic E-state index is 12.9. The van der Waals surface area contributed by atoms with Gasteiger partial charge in [0.05, 0.1) is 11.3 Å². The second-order valence-corrected chi connectivity index (χ2v) is 9.31. The molecule has 1 aromatic rings. The van der Waals surface area contributed by atoms with Gasteiger partial charge in [-0.25, -0.2) is 4.79 Å². The van der Waals surface area contributed by atoms with Crippen LogP contribution < -0.4 is 10.2 Å². The number of carbonyl (C=O) groups is 2. The van der Waals surface area contributed by atoms with Gasteiger partial charge in [-0.2, -0.15) is 5.26 Å². The van der Waals surface area contributed by atoms with Gasteiger partial charge in [0.15, 0.2) is 0 Å². The third-order valence-electron chi connectivity index (χ3n) is 5.75. The average Bonchev–Trinajstić information content (AvgIpc) is 3.22. The number of carbonyl (C=O) groups excluding carboxylic acids is 2. The lowest BCUT2D eigenvalue weighted by molar-refractivity contribution is 0.0146. The number of benzene rings is 1. The lowest BCUT2D eigenvalue weighted by Gasteiger charge is -2.38. The predicted octanol–water partition coefficient (Wildman–Crippen LogP) is 3.53. The number of hydrogen-bond donors (Lipinski definition) is 1. The van der Waals surface area contributed by atoms with Gasteiger partial charge in [0, 0.05) is 37.8 Å². The zero-order chi connectivity index (χ0) is 21.9. The highest BCUT2D eigenvalue weighted by atomic mass is 16.6. The Labute approximate surface area is 179 Å². The molecule has 0 aromatic heterocycles. The van der Waals surface area contributed by atoms with Crippen LogP contribution in [0.15, 0.2) is 18.2 Å². The summed E-state index contributed by atoms with van der Waals surface area (Å²) in [5.41, 5.74) is 1.34. The van der Waals surface area contributed by atoms with Crippen LogP contribution >= 0.6 is 0 Å². The van der Waals surface area contributed by atoms with Gasteiger partial charge in [0.2, 0.25) is 0 Å². The minimum atomic E-state index is -0.552. The van der Waals surface area contributed by atoms with Crippen molar-refractivity contribution < 1.29 is 14.3 Å². The second kappa shape index (κ2) is 8.95. The minimum Gasteiger partial charge on any atom is -0.444 e. The van der Waals surface area contributed by atoms with Crippen molar-refractivity contribution >= 4 is 17.7 Å². The van der Waals surface area contributed by atoms with Gasteiger partial charge < -0.3 is 19.9 Å². The Balaban J connectivity index is 1.68. The van der Waals surface area contributed by atoms with Crippen LogP contribution in [0, 0.1) is 17.2 Å². The SMILES string of the molecule is C[C@H]1CCN(C(=O)OC(C)(C)C)C[C@H]1NC(=O)c1ccc(N2CCCC2)c(C#N)c1. The van der Waals surface area contributed by atoms with Crippen molar-refractivity contribution in [3.05, 3.63) is 29.3 Å². The fraction of sp³-hybridized carbons (Fsp3) is 0.609. The van der Waals surface area contributed by atoms with Gasteiger partial charge in [0.25, 0.3) is 5.91 Å². The van der Waals surface area contributed by atoms with Gasteiger partial charge in [-0.1, -0.05) is 6.92 Å². The molecule has 0 radical (unpaired) electrons. The molecule has 3 rings (SSSR count). The van der Waals surface area contributed by atoms with Crippen molar-refractivity contribution in [3.63, 3.8) is 0 Å². The van der Waals surface area contributed by atoms with E-state index in [0.29, 0.717) is 24.2 Å². The molecular weight excluding hydrogens is 380 g/mol. The number of anilines is 1. The molecule has 0 aliphatic carbocycles. The van der Waals surface area contributed by atoms with E-state index < -0.39 is 5.60 Å². The highest BCUT2D eigenvalue weighted by molar-refractivity contribution is 5.95. The third kappa shape index (κ3) is 5.24. The van der Waals surface area contributed by atoms with E-state index >= 15 is 0 Å². The number of nitrogens with one attached hydrogen (secondary N) is 1. The molecule has 30 heavy (non-hydrogen) atoms. The summed E-state index contributed by atoms with van der Waals surface area (Å²) >= 11 is 0. The molecule has 0 spiro atoms.